The Hall–Kier alpha value is -1.40. The number of aromatic nitrogens is 2. The van der Waals surface area contributed by atoms with Crippen molar-refractivity contribution >= 4 is 11.6 Å². The lowest BCUT2D eigenvalue weighted by molar-refractivity contribution is 0.128. The second-order valence-electron chi connectivity index (χ2n) is 5.38. The van der Waals surface area contributed by atoms with E-state index in [-0.39, 0.29) is 5.54 Å². The lowest BCUT2D eigenvalue weighted by Gasteiger charge is -2.33. The maximum absolute atomic E-state index is 5.48. The Morgan fingerprint density at radius 1 is 1.47 bits per heavy atom. The summed E-state index contributed by atoms with van der Waals surface area (Å²) >= 11 is 0. The van der Waals surface area contributed by atoms with Gasteiger partial charge in [0.2, 0.25) is 0 Å². The van der Waals surface area contributed by atoms with E-state index < -0.39 is 0 Å². The predicted octanol–water partition coefficient (Wildman–Crippen LogP) is 1.68. The molecule has 1 saturated heterocycles. The van der Waals surface area contributed by atoms with E-state index in [9.17, 15) is 0 Å². The molecule has 1 aliphatic heterocycles. The summed E-state index contributed by atoms with van der Waals surface area (Å²) in [6.45, 7) is 8.50. The molecular weight excluding hydrogens is 242 g/mol. The van der Waals surface area contributed by atoms with E-state index in [0.29, 0.717) is 24.9 Å². The van der Waals surface area contributed by atoms with Crippen LogP contribution in [0.15, 0.2) is 6.07 Å². The van der Waals surface area contributed by atoms with Gasteiger partial charge in [0, 0.05) is 24.8 Å². The zero-order valence-electron chi connectivity index (χ0n) is 11.9. The number of hydrogen-bond acceptors (Lipinski definition) is 6. The van der Waals surface area contributed by atoms with E-state index in [2.05, 4.69) is 34.1 Å². The van der Waals surface area contributed by atoms with Gasteiger partial charge in [-0.05, 0) is 33.6 Å². The molecule has 0 bridgehead atoms. The summed E-state index contributed by atoms with van der Waals surface area (Å²) in [5, 5.41) is 0. The van der Waals surface area contributed by atoms with Crippen molar-refractivity contribution in [3.63, 3.8) is 0 Å². The van der Waals surface area contributed by atoms with Gasteiger partial charge in [-0.1, -0.05) is 0 Å². The van der Waals surface area contributed by atoms with E-state index in [1.807, 2.05) is 13.0 Å². The number of nitrogens with zero attached hydrogens (tertiary/aromatic N) is 3. The molecule has 19 heavy (non-hydrogen) atoms. The number of ether oxygens (including phenoxy) is 1. The Bertz CT molecular complexity index is 435. The van der Waals surface area contributed by atoms with E-state index in [1.165, 1.54) is 12.8 Å². The number of rotatable bonds is 5. The van der Waals surface area contributed by atoms with Crippen molar-refractivity contribution in [2.24, 2.45) is 5.84 Å². The predicted molar refractivity (Wildman–Crippen MR) is 75.8 cm³/mol. The summed E-state index contributed by atoms with van der Waals surface area (Å²) in [6.07, 6.45) is 2.35. The third kappa shape index (κ3) is 3.13. The Morgan fingerprint density at radius 3 is 2.84 bits per heavy atom. The normalized spacial score (nSPS) is 17.8. The minimum Gasteiger partial charge on any atom is -0.374 e. The van der Waals surface area contributed by atoms with Crippen LogP contribution >= 0.6 is 0 Å². The summed E-state index contributed by atoms with van der Waals surface area (Å²) in [4.78, 5) is 11.2. The zero-order valence-corrected chi connectivity index (χ0v) is 11.9. The van der Waals surface area contributed by atoms with Crippen LogP contribution < -0.4 is 16.2 Å². The van der Waals surface area contributed by atoms with Gasteiger partial charge in [-0.3, -0.25) is 0 Å². The molecule has 1 aromatic rings. The molecule has 0 atom stereocenters. The zero-order chi connectivity index (χ0) is 13.9. The molecule has 0 amide bonds. The van der Waals surface area contributed by atoms with E-state index in [1.54, 1.807) is 0 Å². The molecule has 2 rings (SSSR count). The van der Waals surface area contributed by atoms with Crippen LogP contribution in [-0.2, 0) is 11.3 Å². The van der Waals surface area contributed by atoms with Gasteiger partial charge in [-0.25, -0.2) is 15.8 Å². The smallest absolute Gasteiger partial charge is 0.158 e. The van der Waals surface area contributed by atoms with Crippen molar-refractivity contribution in [2.45, 2.75) is 45.8 Å². The third-order valence-electron chi connectivity index (χ3n) is 3.52. The quantitative estimate of drug-likeness (QED) is 0.623. The van der Waals surface area contributed by atoms with Gasteiger partial charge in [-0.15, -0.1) is 0 Å². The molecule has 1 aromatic heterocycles. The maximum Gasteiger partial charge on any atom is 0.158 e. The van der Waals surface area contributed by atoms with E-state index in [4.69, 9.17) is 10.6 Å². The monoisotopic (exact) mass is 265 g/mol. The van der Waals surface area contributed by atoms with Crippen LogP contribution in [0, 0.1) is 0 Å². The summed E-state index contributed by atoms with van der Waals surface area (Å²) in [7, 11) is 0. The average molecular weight is 265 g/mol. The second-order valence-corrected chi connectivity index (χ2v) is 5.38. The van der Waals surface area contributed by atoms with Crippen LogP contribution in [0.4, 0.5) is 11.6 Å². The molecule has 0 aliphatic carbocycles. The SMILES string of the molecule is CCOCc1nc(NN)cc(N2CCCC2(C)C)n1. The number of anilines is 2. The Labute approximate surface area is 114 Å². The van der Waals surface area contributed by atoms with Gasteiger partial charge in [0.15, 0.2) is 5.82 Å². The maximum atomic E-state index is 5.48. The fraction of sp³-hybridized carbons (Fsp3) is 0.692. The van der Waals surface area contributed by atoms with Gasteiger partial charge in [-0.2, -0.15) is 0 Å². The topological polar surface area (TPSA) is 76.3 Å². The summed E-state index contributed by atoms with van der Waals surface area (Å²) in [5.41, 5.74) is 2.73. The Morgan fingerprint density at radius 2 is 2.26 bits per heavy atom. The molecule has 1 aliphatic rings. The minimum atomic E-state index is 0.128. The second kappa shape index (κ2) is 5.71. The molecule has 3 N–H and O–H groups in total. The fourth-order valence-electron chi connectivity index (χ4n) is 2.49. The van der Waals surface area contributed by atoms with Crippen molar-refractivity contribution in [3.8, 4) is 0 Å². The first-order valence-corrected chi connectivity index (χ1v) is 6.77. The van der Waals surface area contributed by atoms with Crippen LogP contribution in [0.2, 0.25) is 0 Å². The van der Waals surface area contributed by atoms with E-state index >= 15 is 0 Å². The van der Waals surface area contributed by atoms with Crippen LogP contribution in [0.1, 0.15) is 39.4 Å². The number of nitrogen functional groups attached to an aromatic ring is 1. The van der Waals surface area contributed by atoms with Gasteiger partial charge in [0.1, 0.15) is 18.2 Å². The van der Waals surface area contributed by atoms with Crippen LogP contribution in [0.5, 0.6) is 0 Å². The molecule has 0 radical (unpaired) electrons. The number of nitrogens with two attached hydrogens (primary N) is 1. The number of hydrazine groups is 1. The highest BCUT2D eigenvalue weighted by molar-refractivity contribution is 5.51. The number of hydrogen-bond donors (Lipinski definition) is 2. The molecule has 6 nitrogen and oxygen atoms in total. The third-order valence-corrected chi connectivity index (χ3v) is 3.52. The van der Waals surface area contributed by atoms with Crippen molar-refractivity contribution in [2.75, 3.05) is 23.5 Å². The average Bonchev–Trinajstić information content (AvgIpc) is 2.75. The molecule has 0 unspecified atom stereocenters. The molecular formula is C13H23N5O. The molecule has 2 heterocycles. The van der Waals surface area contributed by atoms with Crippen molar-refractivity contribution in [3.05, 3.63) is 11.9 Å². The van der Waals surface area contributed by atoms with E-state index in [0.717, 1.165) is 12.4 Å². The highest BCUT2D eigenvalue weighted by Gasteiger charge is 2.33. The highest BCUT2D eigenvalue weighted by Crippen LogP contribution is 2.33. The summed E-state index contributed by atoms with van der Waals surface area (Å²) < 4.78 is 5.38. The van der Waals surface area contributed by atoms with Gasteiger partial charge in [0.05, 0.1) is 0 Å². The van der Waals surface area contributed by atoms with Crippen LogP contribution in [-0.4, -0.2) is 28.7 Å². The highest BCUT2D eigenvalue weighted by atomic mass is 16.5. The van der Waals surface area contributed by atoms with Crippen LogP contribution in [0.25, 0.3) is 0 Å². The largest absolute Gasteiger partial charge is 0.374 e. The lowest BCUT2D eigenvalue weighted by atomic mass is 10.0. The first kappa shape index (κ1) is 14.0. The van der Waals surface area contributed by atoms with Crippen LogP contribution in [0.3, 0.4) is 0 Å². The molecule has 1 fully saturated rings. The van der Waals surface area contributed by atoms with Gasteiger partial charge < -0.3 is 15.1 Å². The summed E-state index contributed by atoms with van der Waals surface area (Å²) in [5.74, 6) is 7.69. The molecule has 0 spiro atoms. The van der Waals surface area contributed by atoms with Crippen molar-refractivity contribution in [1.29, 1.82) is 0 Å². The van der Waals surface area contributed by atoms with Crippen molar-refractivity contribution in [1.82, 2.24) is 9.97 Å². The minimum absolute atomic E-state index is 0.128. The van der Waals surface area contributed by atoms with Gasteiger partial charge >= 0.3 is 0 Å². The lowest BCUT2D eigenvalue weighted by Crippen LogP contribution is -2.39. The first-order valence-electron chi connectivity index (χ1n) is 6.77. The standard InChI is InChI=1S/C13H23N5O/c1-4-19-9-11-15-10(17-14)8-12(16-11)18-7-5-6-13(18,2)3/h8H,4-7,9,14H2,1-3H3,(H,15,16,17). The fourth-order valence-corrected chi connectivity index (χ4v) is 2.49. The Balaban J connectivity index is 2.28. The van der Waals surface area contributed by atoms with Crippen molar-refractivity contribution < 1.29 is 4.74 Å². The first-order chi connectivity index (χ1) is 9.06. The van der Waals surface area contributed by atoms with Gasteiger partial charge in [0.25, 0.3) is 0 Å². The summed E-state index contributed by atoms with van der Waals surface area (Å²) in [6, 6.07) is 1.89. The molecule has 6 heteroatoms. The Kier molecular flexibility index (Phi) is 4.21. The number of nitrogens with one attached hydrogen (secondary N) is 1. The molecule has 0 aromatic carbocycles. The molecule has 106 valence electrons. The molecule has 0 saturated carbocycles.